The van der Waals surface area contributed by atoms with Crippen LogP contribution < -0.4 is 10.6 Å². The topological polar surface area (TPSA) is 26.3 Å². The molecular weight excluding hydrogens is 411 g/mol. The fraction of sp³-hybridized carbons (Fsp3) is 0.414. The second kappa shape index (κ2) is 9.75. The highest BCUT2D eigenvalue weighted by Crippen LogP contribution is 2.37. The molecule has 0 amide bonds. The molecule has 0 bridgehead atoms. The molecule has 0 heterocycles. The third-order valence-electron chi connectivity index (χ3n) is 5.94. The van der Waals surface area contributed by atoms with Crippen LogP contribution in [-0.2, 0) is 9.53 Å². The van der Waals surface area contributed by atoms with Gasteiger partial charge in [-0.15, -0.1) is 0 Å². The first-order valence-corrected chi connectivity index (χ1v) is 13.0. The van der Waals surface area contributed by atoms with Crippen LogP contribution in [0.25, 0.3) is 0 Å². The highest BCUT2D eigenvalue weighted by Gasteiger charge is 2.29. The van der Waals surface area contributed by atoms with Crippen molar-refractivity contribution in [3.63, 3.8) is 0 Å². The molecule has 0 aliphatic heterocycles. The van der Waals surface area contributed by atoms with Gasteiger partial charge in [-0.05, 0) is 64.1 Å². The van der Waals surface area contributed by atoms with Gasteiger partial charge in [0.2, 0.25) is 0 Å². The quantitative estimate of drug-likeness (QED) is 0.375. The van der Waals surface area contributed by atoms with Crippen LogP contribution in [0.1, 0.15) is 49.9 Å². The summed E-state index contributed by atoms with van der Waals surface area (Å²) in [4.78, 5) is 12.9. The fourth-order valence-electron chi connectivity index (χ4n) is 4.36. The predicted octanol–water partition coefficient (Wildman–Crippen LogP) is 6.44. The van der Waals surface area contributed by atoms with Crippen LogP contribution in [0.3, 0.4) is 0 Å². The Morgan fingerprint density at radius 1 is 0.844 bits per heavy atom. The highest BCUT2D eigenvalue weighted by atomic mass is 31.1. The maximum absolute atomic E-state index is 12.9. The van der Waals surface area contributed by atoms with Crippen LogP contribution in [0, 0.1) is 39.0 Å². The van der Waals surface area contributed by atoms with Crippen molar-refractivity contribution in [2.75, 3.05) is 12.8 Å². The van der Waals surface area contributed by atoms with Gasteiger partial charge in [0.15, 0.2) is 0 Å². The average Bonchev–Trinajstić information content (AvgIpc) is 3.05. The zero-order valence-corrected chi connectivity index (χ0v) is 21.8. The predicted molar refractivity (Wildman–Crippen MR) is 139 cm³/mol. The summed E-state index contributed by atoms with van der Waals surface area (Å²) >= 11 is 0. The zero-order chi connectivity index (χ0) is 23.6. The Morgan fingerprint density at radius 3 is 1.72 bits per heavy atom. The molecule has 3 heteroatoms. The van der Waals surface area contributed by atoms with Gasteiger partial charge in [0, 0.05) is 6.16 Å². The van der Waals surface area contributed by atoms with E-state index in [0.29, 0.717) is 6.61 Å². The van der Waals surface area contributed by atoms with E-state index in [1.54, 1.807) is 0 Å². The molecule has 2 aromatic rings. The van der Waals surface area contributed by atoms with E-state index in [9.17, 15) is 4.79 Å². The summed E-state index contributed by atoms with van der Waals surface area (Å²) in [7, 11) is -0.604. The standard InChI is InChI=1S/C29H37O2P/c1-19-11-20(2)14-25(13-19)32(26-15-21(3)12-22(4)16-26)10-9-31-28(30)27-18-24(17-23(27)5)29(6,7)8/h11-18,27H,9-10H2,1-8H3. The summed E-state index contributed by atoms with van der Waals surface area (Å²) in [5.74, 6) is -0.383. The summed E-state index contributed by atoms with van der Waals surface area (Å²) in [5, 5.41) is 2.70. The van der Waals surface area contributed by atoms with E-state index < -0.39 is 7.92 Å². The second-order valence-corrected chi connectivity index (χ2v) is 12.6. The number of carbonyl (C=O) groups is 1. The summed E-state index contributed by atoms with van der Waals surface area (Å²) in [5.41, 5.74) is 7.44. The normalized spacial score (nSPS) is 16.2. The van der Waals surface area contributed by atoms with Crippen LogP contribution in [0.5, 0.6) is 0 Å². The first kappa shape index (κ1) is 24.5. The molecular formula is C29H37O2P. The molecule has 1 aliphatic carbocycles. The number of hydrogen-bond donors (Lipinski definition) is 0. The Labute approximate surface area is 195 Å². The number of esters is 1. The van der Waals surface area contributed by atoms with Gasteiger partial charge in [-0.25, -0.2) is 0 Å². The van der Waals surface area contributed by atoms with Crippen LogP contribution >= 0.6 is 7.92 Å². The molecule has 0 N–H and O–H groups in total. The summed E-state index contributed by atoms with van der Waals surface area (Å²) in [6.07, 6.45) is 5.05. The average molecular weight is 449 g/mol. The largest absolute Gasteiger partial charge is 0.465 e. The number of ether oxygens (including phenoxy) is 1. The lowest BCUT2D eigenvalue weighted by Crippen LogP contribution is -2.21. The Hall–Kier alpha value is -2.18. The van der Waals surface area contributed by atoms with Gasteiger partial charge < -0.3 is 4.74 Å². The Balaban J connectivity index is 1.78. The molecule has 32 heavy (non-hydrogen) atoms. The minimum Gasteiger partial charge on any atom is -0.465 e. The van der Waals surface area contributed by atoms with Crippen molar-refractivity contribution in [3.05, 3.63) is 82.0 Å². The van der Waals surface area contributed by atoms with Crippen LogP contribution in [0.2, 0.25) is 0 Å². The van der Waals surface area contributed by atoms with Gasteiger partial charge in [-0.1, -0.05) is 97.1 Å². The molecule has 1 atom stereocenters. The molecule has 3 rings (SSSR count). The highest BCUT2D eigenvalue weighted by molar-refractivity contribution is 7.73. The third-order valence-corrected chi connectivity index (χ3v) is 8.33. The molecule has 0 spiro atoms. The number of rotatable bonds is 6. The van der Waals surface area contributed by atoms with E-state index in [-0.39, 0.29) is 17.3 Å². The zero-order valence-electron chi connectivity index (χ0n) is 20.9. The van der Waals surface area contributed by atoms with E-state index in [4.69, 9.17) is 4.74 Å². The van der Waals surface area contributed by atoms with Crippen molar-refractivity contribution in [2.24, 2.45) is 11.3 Å². The van der Waals surface area contributed by atoms with E-state index >= 15 is 0 Å². The third kappa shape index (κ3) is 5.99. The van der Waals surface area contributed by atoms with Crippen LogP contribution in [0.4, 0.5) is 0 Å². The Bertz CT molecular complexity index is 977. The van der Waals surface area contributed by atoms with Gasteiger partial charge in [0.25, 0.3) is 0 Å². The molecule has 1 unspecified atom stereocenters. The fourth-order valence-corrected chi connectivity index (χ4v) is 6.89. The van der Waals surface area contributed by atoms with Crippen molar-refractivity contribution in [1.82, 2.24) is 0 Å². The number of carbonyl (C=O) groups excluding carboxylic acids is 1. The van der Waals surface area contributed by atoms with E-state index in [1.165, 1.54) is 38.4 Å². The van der Waals surface area contributed by atoms with Crippen molar-refractivity contribution in [1.29, 1.82) is 0 Å². The lowest BCUT2D eigenvalue weighted by atomic mass is 9.87. The molecule has 0 aromatic heterocycles. The minimum absolute atomic E-state index is 0.0384. The maximum atomic E-state index is 12.9. The summed E-state index contributed by atoms with van der Waals surface area (Å²) in [6.45, 7) is 17.6. The minimum atomic E-state index is -0.604. The van der Waals surface area contributed by atoms with Gasteiger partial charge in [0.1, 0.15) is 0 Å². The molecule has 0 saturated heterocycles. The van der Waals surface area contributed by atoms with Crippen molar-refractivity contribution in [2.45, 2.75) is 55.4 Å². The lowest BCUT2D eigenvalue weighted by molar-refractivity contribution is -0.144. The van der Waals surface area contributed by atoms with Crippen LogP contribution in [0.15, 0.2) is 59.7 Å². The summed E-state index contributed by atoms with van der Waals surface area (Å²) in [6, 6.07) is 13.6. The SMILES string of the molecule is CC1=CC(C(C)(C)C)=CC1C(=O)OCCP(c1cc(C)cc(C)c1)c1cc(C)cc(C)c1. The van der Waals surface area contributed by atoms with Gasteiger partial charge in [-0.2, -0.15) is 0 Å². The number of aryl methyl sites for hydroxylation is 4. The first-order chi connectivity index (χ1) is 14.9. The lowest BCUT2D eigenvalue weighted by Gasteiger charge is -2.21. The van der Waals surface area contributed by atoms with Gasteiger partial charge in [-0.3, -0.25) is 4.79 Å². The smallest absolute Gasteiger partial charge is 0.316 e. The molecule has 170 valence electrons. The van der Waals surface area contributed by atoms with Crippen molar-refractivity contribution in [3.8, 4) is 0 Å². The Morgan fingerprint density at radius 2 is 1.31 bits per heavy atom. The van der Waals surface area contributed by atoms with Crippen molar-refractivity contribution < 1.29 is 9.53 Å². The molecule has 0 saturated carbocycles. The second-order valence-electron chi connectivity index (χ2n) is 10.2. The molecule has 2 aromatic carbocycles. The van der Waals surface area contributed by atoms with E-state index in [0.717, 1.165) is 11.7 Å². The van der Waals surface area contributed by atoms with E-state index in [2.05, 4.69) is 97.0 Å². The number of allylic oxidation sites excluding steroid dienone is 2. The van der Waals surface area contributed by atoms with Crippen molar-refractivity contribution >= 4 is 24.5 Å². The van der Waals surface area contributed by atoms with E-state index in [1.807, 2.05) is 6.92 Å². The molecule has 1 aliphatic rings. The van der Waals surface area contributed by atoms with Gasteiger partial charge >= 0.3 is 5.97 Å². The summed E-state index contributed by atoms with van der Waals surface area (Å²) < 4.78 is 5.84. The van der Waals surface area contributed by atoms with Crippen LogP contribution in [-0.4, -0.2) is 18.7 Å². The molecule has 0 fully saturated rings. The monoisotopic (exact) mass is 448 g/mol. The maximum Gasteiger partial charge on any atom is 0.316 e. The molecule has 0 radical (unpaired) electrons. The number of benzene rings is 2. The first-order valence-electron chi connectivity index (χ1n) is 11.5. The molecule has 2 nitrogen and oxygen atoms in total. The Kier molecular flexibility index (Phi) is 7.46. The number of hydrogen-bond acceptors (Lipinski definition) is 2. The van der Waals surface area contributed by atoms with Gasteiger partial charge in [0.05, 0.1) is 12.5 Å².